The molecule has 0 aliphatic carbocycles. The number of nitrogens with one attached hydrogen (secondary N) is 2. The van der Waals surface area contributed by atoms with Gasteiger partial charge in [-0.1, -0.05) is 18.2 Å². The number of alkyl halides is 2. The van der Waals surface area contributed by atoms with Crippen LogP contribution in [-0.4, -0.2) is 36.2 Å². The molecule has 3 rings (SSSR count). The number of halogens is 2. The lowest BCUT2D eigenvalue weighted by Gasteiger charge is -2.18. The van der Waals surface area contributed by atoms with E-state index in [-0.39, 0.29) is 23.1 Å². The van der Waals surface area contributed by atoms with Gasteiger partial charge in [0.1, 0.15) is 6.04 Å². The molecule has 2 N–H and O–H groups in total. The van der Waals surface area contributed by atoms with Crippen molar-refractivity contribution in [2.75, 3.05) is 17.3 Å². The maximum Gasteiger partial charge on any atom is 0.586 e. The summed E-state index contributed by atoms with van der Waals surface area (Å²) in [5.41, 5.74) is 0.697. The fourth-order valence-corrected chi connectivity index (χ4v) is 3.06. The fourth-order valence-electron chi connectivity index (χ4n) is 2.59. The highest BCUT2D eigenvalue weighted by atomic mass is 32.2. The van der Waals surface area contributed by atoms with Gasteiger partial charge in [-0.2, -0.15) is 11.8 Å². The molecule has 0 aromatic heterocycles. The number of hydrogen-bond donors (Lipinski definition) is 2. The normalized spacial score (nSPS) is 15.0. The summed E-state index contributed by atoms with van der Waals surface area (Å²) >= 11 is 1.54. The van der Waals surface area contributed by atoms with Crippen molar-refractivity contribution in [1.29, 1.82) is 0 Å². The zero-order valence-electron chi connectivity index (χ0n) is 14.9. The first-order chi connectivity index (χ1) is 13.4. The third-order valence-corrected chi connectivity index (χ3v) is 4.58. The third-order valence-electron chi connectivity index (χ3n) is 3.94. The van der Waals surface area contributed by atoms with Crippen molar-refractivity contribution in [2.45, 2.75) is 18.8 Å². The lowest BCUT2D eigenvalue weighted by atomic mass is 10.1. The van der Waals surface area contributed by atoms with Crippen LogP contribution in [0.25, 0.3) is 0 Å². The van der Waals surface area contributed by atoms with Gasteiger partial charge < -0.3 is 20.1 Å². The molecular formula is C19H18F2N2O4S. The van der Waals surface area contributed by atoms with Gasteiger partial charge in [0.05, 0.1) is 0 Å². The Hall–Kier alpha value is -2.81. The highest BCUT2D eigenvalue weighted by molar-refractivity contribution is 7.98. The Morgan fingerprint density at radius 1 is 1.11 bits per heavy atom. The van der Waals surface area contributed by atoms with Gasteiger partial charge in [-0.25, -0.2) is 0 Å². The number of amides is 2. The van der Waals surface area contributed by atoms with E-state index < -0.39 is 18.2 Å². The van der Waals surface area contributed by atoms with Crippen LogP contribution in [0.15, 0.2) is 48.5 Å². The standard InChI is InChI=1S/C19H18F2N2O4S/c1-28-10-9-14(23-17(24)12-5-3-2-4-6-12)18(25)22-13-7-8-15-16(11-13)27-19(20,21)26-15/h2-8,11,14H,9-10H2,1H3,(H,22,25)(H,23,24)/t14-/m0/s1. The summed E-state index contributed by atoms with van der Waals surface area (Å²) in [6, 6.07) is 11.7. The topological polar surface area (TPSA) is 76.7 Å². The van der Waals surface area contributed by atoms with Crippen LogP contribution in [0.2, 0.25) is 0 Å². The number of carbonyl (C=O) groups is 2. The minimum atomic E-state index is -3.73. The van der Waals surface area contributed by atoms with Crippen LogP contribution in [0.4, 0.5) is 14.5 Å². The number of fused-ring (bicyclic) bond motifs is 1. The average molecular weight is 408 g/mol. The second-order valence-corrected chi connectivity index (χ2v) is 6.98. The number of rotatable bonds is 7. The van der Waals surface area contributed by atoms with Gasteiger partial charge in [0.25, 0.3) is 5.91 Å². The van der Waals surface area contributed by atoms with Gasteiger partial charge in [-0.15, -0.1) is 8.78 Å². The third kappa shape index (κ3) is 4.92. The van der Waals surface area contributed by atoms with Gasteiger partial charge in [-0.05, 0) is 42.7 Å². The molecule has 1 heterocycles. The second kappa shape index (κ2) is 8.47. The zero-order chi connectivity index (χ0) is 20.1. The number of carbonyl (C=O) groups excluding carboxylic acids is 2. The maximum absolute atomic E-state index is 13.1. The van der Waals surface area contributed by atoms with Crippen LogP contribution in [0.5, 0.6) is 11.5 Å². The largest absolute Gasteiger partial charge is 0.586 e. The molecule has 0 saturated carbocycles. The number of benzene rings is 2. The molecule has 0 bridgehead atoms. The lowest BCUT2D eigenvalue weighted by molar-refractivity contribution is -0.286. The van der Waals surface area contributed by atoms with Crippen LogP contribution >= 0.6 is 11.8 Å². The van der Waals surface area contributed by atoms with Crippen molar-refractivity contribution in [3.05, 3.63) is 54.1 Å². The van der Waals surface area contributed by atoms with E-state index in [0.717, 1.165) is 0 Å². The summed E-state index contributed by atoms with van der Waals surface area (Å²) in [5.74, 6) is -0.451. The molecule has 6 nitrogen and oxygen atoms in total. The Morgan fingerprint density at radius 3 is 2.54 bits per heavy atom. The molecule has 1 atom stereocenters. The van der Waals surface area contributed by atoms with Crippen LogP contribution in [0.3, 0.4) is 0 Å². The predicted octanol–water partition coefficient (Wildman–Crippen LogP) is 3.50. The summed E-state index contributed by atoms with van der Waals surface area (Å²) in [4.78, 5) is 25.0. The van der Waals surface area contributed by atoms with Crippen LogP contribution in [0, 0.1) is 0 Å². The summed E-state index contributed by atoms with van der Waals surface area (Å²) in [6.45, 7) is 0. The Labute approximate surface area is 164 Å². The lowest BCUT2D eigenvalue weighted by Crippen LogP contribution is -2.44. The quantitative estimate of drug-likeness (QED) is 0.733. The van der Waals surface area contributed by atoms with E-state index in [1.54, 1.807) is 42.1 Å². The first-order valence-corrected chi connectivity index (χ1v) is 9.83. The van der Waals surface area contributed by atoms with Gasteiger partial charge in [0.15, 0.2) is 11.5 Å². The minimum absolute atomic E-state index is 0.112. The van der Waals surface area contributed by atoms with Crippen LogP contribution < -0.4 is 20.1 Å². The molecule has 9 heteroatoms. The molecule has 28 heavy (non-hydrogen) atoms. The minimum Gasteiger partial charge on any atom is -0.395 e. The number of anilines is 1. The van der Waals surface area contributed by atoms with E-state index >= 15 is 0 Å². The summed E-state index contributed by atoms with van der Waals surface area (Å²) in [5, 5.41) is 5.33. The summed E-state index contributed by atoms with van der Waals surface area (Å²) < 4.78 is 35.0. The second-order valence-electron chi connectivity index (χ2n) is 5.99. The van der Waals surface area contributed by atoms with Crippen molar-refractivity contribution < 1.29 is 27.8 Å². The number of hydrogen-bond acceptors (Lipinski definition) is 5. The highest BCUT2D eigenvalue weighted by Gasteiger charge is 2.43. The van der Waals surface area contributed by atoms with Crippen molar-refractivity contribution in [1.82, 2.24) is 5.32 Å². The molecule has 0 spiro atoms. The monoisotopic (exact) mass is 408 g/mol. The molecule has 0 saturated heterocycles. The molecule has 0 unspecified atom stereocenters. The van der Waals surface area contributed by atoms with Crippen molar-refractivity contribution in [3.8, 4) is 11.5 Å². The smallest absolute Gasteiger partial charge is 0.395 e. The zero-order valence-corrected chi connectivity index (χ0v) is 15.7. The van der Waals surface area contributed by atoms with E-state index in [1.807, 2.05) is 6.26 Å². The Kier molecular flexibility index (Phi) is 6.03. The summed E-state index contributed by atoms with van der Waals surface area (Å²) in [6.07, 6.45) is -1.42. The predicted molar refractivity (Wildman–Crippen MR) is 102 cm³/mol. The molecule has 2 aromatic carbocycles. The first-order valence-electron chi connectivity index (χ1n) is 8.43. The Bertz CT molecular complexity index is 864. The van der Waals surface area contributed by atoms with Crippen LogP contribution in [-0.2, 0) is 4.79 Å². The molecule has 1 aliphatic heterocycles. The Balaban J connectivity index is 1.69. The maximum atomic E-state index is 13.1. The van der Waals surface area contributed by atoms with E-state index in [2.05, 4.69) is 20.1 Å². The molecule has 0 fully saturated rings. The van der Waals surface area contributed by atoms with Crippen molar-refractivity contribution in [2.24, 2.45) is 0 Å². The molecule has 1 aliphatic rings. The fraction of sp³-hybridized carbons (Fsp3) is 0.263. The van der Waals surface area contributed by atoms with E-state index in [9.17, 15) is 18.4 Å². The van der Waals surface area contributed by atoms with Crippen LogP contribution in [0.1, 0.15) is 16.8 Å². The molecular weight excluding hydrogens is 390 g/mol. The molecule has 0 radical (unpaired) electrons. The first kappa shape index (κ1) is 19.9. The Morgan fingerprint density at radius 2 is 1.82 bits per heavy atom. The van der Waals surface area contributed by atoms with Crippen molar-refractivity contribution in [3.63, 3.8) is 0 Å². The number of thioether (sulfide) groups is 1. The van der Waals surface area contributed by atoms with E-state index in [0.29, 0.717) is 17.7 Å². The van der Waals surface area contributed by atoms with Gasteiger partial charge in [0, 0.05) is 17.3 Å². The van der Waals surface area contributed by atoms with Crippen molar-refractivity contribution >= 4 is 29.3 Å². The SMILES string of the molecule is CSCC[C@H](NC(=O)c1ccccc1)C(=O)Nc1ccc2c(c1)OC(F)(F)O2. The number of ether oxygens (including phenoxy) is 2. The van der Waals surface area contributed by atoms with Gasteiger partial charge >= 0.3 is 6.29 Å². The van der Waals surface area contributed by atoms with Gasteiger partial charge in [0.2, 0.25) is 5.91 Å². The molecule has 2 aromatic rings. The highest BCUT2D eigenvalue weighted by Crippen LogP contribution is 2.42. The average Bonchev–Trinajstić information content (AvgIpc) is 2.98. The molecule has 148 valence electrons. The van der Waals surface area contributed by atoms with Gasteiger partial charge in [-0.3, -0.25) is 9.59 Å². The van der Waals surface area contributed by atoms with E-state index in [4.69, 9.17) is 0 Å². The van der Waals surface area contributed by atoms with E-state index in [1.165, 1.54) is 18.2 Å². The summed E-state index contributed by atoms with van der Waals surface area (Å²) in [7, 11) is 0. The molecule has 2 amide bonds.